The van der Waals surface area contributed by atoms with E-state index in [-0.39, 0.29) is 23.7 Å². The van der Waals surface area contributed by atoms with Crippen LogP contribution in [0.4, 0.5) is 4.39 Å². The van der Waals surface area contributed by atoms with Gasteiger partial charge in [-0.1, -0.05) is 48.9 Å². The maximum absolute atomic E-state index is 13.1. The average molecular weight is 384 g/mol. The molecule has 0 saturated carbocycles. The SMILES string of the molecule is Cc1cccc(C(CNC(=O)CC(C)c2ccc(F)cc2)N2CCOCC2)c1. The first-order valence-electron chi connectivity index (χ1n) is 9.93. The van der Waals surface area contributed by atoms with Crippen molar-refractivity contribution in [3.8, 4) is 0 Å². The number of hydrogen-bond donors (Lipinski definition) is 1. The molecule has 5 heteroatoms. The van der Waals surface area contributed by atoms with Gasteiger partial charge in [0, 0.05) is 26.1 Å². The first kappa shape index (κ1) is 20.5. The molecule has 1 heterocycles. The molecule has 28 heavy (non-hydrogen) atoms. The summed E-state index contributed by atoms with van der Waals surface area (Å²) in [4.78, 5) is 14.9. The molecule has 1 fully saturated rings. The van der Waals surface area contributed by atoms with Gasteiger partial charge in [0.25, 0.3) is 0 Å². The summed E-state index contributed by atoms with van der Waals surface area (Å²) in [6.07, 6.45) is 0.384. The van der Waals surface area contributed by atoms with Crippen LogP contribution in [0, 0.1) is 12.7 Å². The monoisotopic (exact) mass is 384 g/mol. The summed E-state index contributed by atoms with van der Waals surface area (Å²) in [5, 5.41) is 3.11. The molecule has 1 amide bonds. The second-order valence-corrected chi connectivity index (χ2v) is 7.54. The Kier molecular flexibility index (Phi) is 7.18. The second kappa shape index (κ2) is 9.80. The third-order valence-corrected chi connectivity index (χ3v) is 5.34. The lowest BCUT2D eigenvalue weighted by Gasteiger charge is -2.35. The van der Waals surface area contributed by atoms with Crippen LogP contribution in [0.1, 0.15) is 42.0 Å². The minimum Gasteiger partial charge on any atom is -0.379 e. The van der Waals surface area contributed by atoms with Crippen LogP contribution in [-0.2, 0) is 9.53 Å². The van der Waals surface area contributed by atoms with E-state index in [2.05, 4.69) is 41.4 Å². The van der Waals surface area contributed by atoms with Gasteiger partial charge in [-0.25, -0.2) is 4.39 Å². The Morgan fingerprint density at radius 2 is 1.86 bits per heavy atom. The van der Waals surface area contributed by atoms with Crippen LogP contribution in [0.15, 0.2) is 48.5 Å². The van der Waals surface area contributed by atoms with Gasteiger partial charge in [0.05, 0.1) is 19.3 Å². The number of carbonyl (C=O) groups is 1. The quantitative estimate of drug-likeness (QED) is 0.789. The number of amides is 1. The largest absolute Gasteiger partial charge is 0.379 e. The van der Waals surface area contributed by atoms with Crippen molar-refractivity contribution in [1.82, 2.24) is 10.2 Å². The van der Waals surface area contributed by atoms with E-state index in [0.29, 0.717) is 13.0 Å². The van der Waals surface area contributed by atoms with Gasteiger partial charge in [-0.15, -0.1) is 0 Å². The van der Waals surface area contributed by atoms with Gasteiger partial charge in [0.15, 0.2) is 0 Å². The second-order valence-electron chi connectivity index (χ2n) is 7.54. The highest BCUT2D eigenvalue weighted by Crippen LogP contribution is 2.23. The maximum Gasteiger partial charge on any atom is 0.220 e. The number of ether oxygens (including phenoxy) is 1. The standard InChI is InChI=1S/C23H29FN2O2/c1-17-4-3-5-20(14-17)22(26-10-12-28-13-11-26)16-25-23(27)15-18(2)19-6-8-21(24)9-7-19/h3-9,14,18,22H,10-13,15-16H2,1-2H3,(H,25,27). The molecule has 1 N–H and O–H groups in total. The zero-order chi connectivity index (χ0) is 19.9. The van der Waals surface area contributed by atoms with Crippen LogP contribution >= 0.6 is 0 Å². The Morgan fingerprint density at radius 3 is 2.54 bits per heavy atom. The number of benzene rings is 2. The molecule has 2 aromatic rings. The summed E-state index contributed by atoms with van der Waals surface area (Å²) in [6, 6.07) is 15.0. The molecule has 0 aromatic heterocycles. The molecule has 0 bridgehead atoms. The van der Waals surface area contributed by atoms with Crippen molar-refractivity contribution in [2.24, 2.45) is 0 Å². The van der Waals surface area contributed by atoms with Crippen molar-refractivity contribution in [3.05, 3.63) is 71.0 Å². The number of hydrogen-bond acceptors (Lipinski definition) is 3. The molecule has 0 radical (unpaired) electrons. The summed E-state index contributed by atoms with van der Waals surface area (Å²) >= 11 is 0. The van der Waals surface area contributed by atoms with Gasteiger partial charge in [-0.3, -0.25) is 9.69 Å². The van der Waals surface area contributed by atoms with E-state index in [4.69, 9.17) is 4.74 Å². The highest BCUT2D eigenvalue weighted by molar-refractivity contribution is 5.76. The molecule has 2 unspecified atom stereocenters. The first-order chi connectivity index (χ1) is 13.5. The lowest BCUT2D eigenvalue weighted by atomic mass is 9.97. The van der Waals surface area contributed by atoms with Gasteiger partial charge >= 0.3 is 0 Å². The van der Waals surface area contributed by atoms with Crippen LogP contribution in [0.25, 0.3) is 0 Å². The number of carbonyl (C=O) groups excluding carboxylic acids is 1. The predicted octanol–water partition coefficient (Wildman–Crippen LogP) is 3.82. The number of nitrogens with one attached hydrogen (secondary N) is 1. The number of aryl methyl sites for hydroxylation is 1. The molecular weight excluding hydrogens is 355 g/mol. The van der Waals surface area contributed by atoms with Gasteiger partial charge in [-0.2, -0.15) is 0 Å². The smallest absolute Gasteiger partial charge is 0.220 e. The normalized spacial score (nSPS) is 17.1. The summed E-state index contributed by atoms with van der Waals surface area (Å²) in [5.41, 5.74) is 3.40. The van der Waals surface area contributed by atoms with Crippen molar-refractivity contribution < 1.29 is 13.9 Å². The van der Waals surface area contributed by atoms with E-state index in [1.54, 1.807) is 12.1 Å². The third kappa shape index (κ3) is 5.63. The van der Waals surface area contributed by atoms with Crippen LogP contribution < -0.4 is 5.32 Å². The number of halogens is 1. The summed E-state index contributed by atoms with van der Waals surface area (Å²) in [7, 11) is 0. The minimum absolute atomic E-state index is 0.0164. The van der Waals surface area contributed by atoms with Crippen molar-refractivity contribution in [2.75, 3.05) is 32.8 Å². The first-order valence-corrected chi connectivity index (χ1v) is 9.93. The van der Waals surface area contributed by atoms with E-state index in [1.165, 1.54) is 23.3 Å². The molecule has 0 spiro atoms. The van der Waals surface area contributed by atoms with Gasteiger partial charge in [0.2, 0.25) is 5.91 Å². The average Bonchev–Trinajstić information content (AvgIpc) is 2.69. The number of rotatable bonds is 7. The maximum atomic E-state index is 13.1. The molecule has 1 aliphatic heterocycles. The Bertz CT molecular complexity index is 772. The predicted molar refractivity (Wildman–Crippen MR) is 109 cm³/mol. The number of nitrogens with zero attached hydrogens (tertiary/aromatic N) is 1. The zero-order valence-electron chi connectivity index (χ0n) is 16.7. The molecule has 150 valence electrons. The van der Waals surface area contributed by atoms with Gasteiger partial charge < -0.3 is 10.1 Å². The van der Waals surface area contributed by atoms with E-state index in [0.717, 1.165) is 31.9 Å². The van der Waals surface area contributed by atoms with E-state index >= 15 is 0 Å². The molecular formula is C23H29FN2O2. The van der Waals surface area contributed by atoms with Gasteiger partial charge in [0.1, 0.15) is 5.82 Å². The Hall–Kier alpha value is -2.24. The molecule has 0 aliphatic carbocycles. The van der Waals surface area contributed by atoms with E-state index in [9.17, 15) is 9.18 Å². The Labute approximate surface area is 166 Å². The van der Waals surface area contributed by atoms with Crippen LogP contribution in [0.2, 0.25) is 0 Å². The molecule has 2 atom stereocenters. The van der Waals surface area contributed by atoms with Crippen LogP contribution in [-0.4, -0.2) is 43.7 Å². The lowest BCUT2D eigenvalue weighted by Crippen LogP contribution is -2.44. The van der Waals surface area contributed by atoms with Crippen LogP contribution in [0.5, 0.6) is 0 Å². The van der Waals surface area contributed by atoms with Crippen molar-refractivity contribution in [2.45, 2.75) is 32.2 Å². The van der Waals surface area contributed by atoms with Crippen LogP contribution in [0.3, 0.4) is 0 Å². The van der Waals surface area contributed by atoms with E-state index in [1.807, 2.05) is 6.92 Å². The Morgan fingerprint density at radius 1 is 1.14 bits per heavy atom. The molecule has 2 aromatic carbocycles. The molecule has 1 aliphatic rings. The summed E-state index contributed by atoms with van der Waals surface area (Å²) in [6.45, 7) is 7.81. The lowest BCUT2D eigenvalue weighted by molar-refractivity contribution is -0.121. The fourth-order valence-electron chi connectivity index (χ4n) is 3.69. The zero-order valence-corrected chi connectivity index (χ0v) is 16.7. The fourth-order valence-corrected chi connectivity index (χ4v) is 3.69. The van der Waals surface area contributed by atoms with E-state index < -0.39 is 0 Å². The topological polar surface area (TPSA) is 41.6 Å². The van der Waals surface area contributed by atoms with Crippen molar-refractivity contribution in [3.63, 3.8) is 0 Å². The highest BCUT2D eigenvalue weighted by atomic mass is 19.1. The Balaban J connectivity index is 1.62. The number of morpholine rings is 1. The minimum atomic E-state index is -0.257. The summed E-state index contributed by atoms with van der Waals surface area (Å²) in [5.74, 6) is -0.198. The molecule has 3 rings (SSSR count). The fraction of sp³-hybridized carbons (Fsp3) is 0.435. The third-order valence-electron chi connectivity index (χ3n) is 5.34. The molecule has 1 saturated heterocycles. The van der Waals surface area contributed by atoms with Gasteiger partial charge in [-0.05, 0) is 36.1 Å². The van der Waals surface area contributed by atoms with Crippen molar-refractivity contribution in [1.29, 1.82) is 0 Å². The molecule has 4 nitrogen and oxygen atoms in total. The highest BCUT2D eigenvalue weighted by Gasteiger charge is 2.23. The summed E-state index contributed by atoms with van der Waals surface area (Å²) < 4.78 is 18.6. The van der Waals surface area contributed by atoms with Crippen molar-refractivity contribution >= 4 is 5.91 Å².